The van der Waals surface area contributed by atoms with E-state index >= 15 is 0 Å². The summed E-state index contributed by atoms with van der Waals surface area (Å²) >= 11 is 0. The molecule has 0 N–H and O–H groups in total. The average Bonchev–Trinajstić information content (AvgIpc) is 2.57. The van der Waals surface area contributed by atoms with Crippen molar-refractivity contribution in [3.05, 3.63) is 17.8 Å². The van der Waals surface area contributed by atoms with E-state index in [1.807, 2.05) is 6.92 Å². The Morgan fingerprint density at radius 3 is 2.67 bits per heavy atom. The van der Waals surface area contributed by atoms with E-state index in [-0.39, 0.29) is 5.41 Å². The molecule has 4 nitrogen and oxygen atoms in total. The number of nitrogens with zero attached hydrogens (tertiary/aromatic N) is 3. The van der Waals surface area contributed by atoms with Gasteiger partial charge in [0.1, 0.15) is 11.2 Å². The SMILES string of the molecule is Cc1nnc(CC(C)(C)C)c2ncoc12. The highest BCUT2D eigenvalue weighted by atomic mass is 16.3. The molecule has 0 unspecified atom stereocenters. The zero-order valence-corrected chi connectivity index (χ0v) is 9.53. The van der Waals surface area contributed by atoms with Gasteiger partial charge in [-0.05, 0) is 18.8 Å². The molecule has 0 aliphatic rings. The molecule has 0 radical (unpaired) electrons. The minimum atomic E-state index is 0.176. The molecule has 80 valence electrons. The summed E-state index contributed by atoms with van der Waals surface area (Å²) in [5, 5.41) is 8.27. The first-order chi connectivity index (χ1) is 6.97. The molecule has 0 saturated heterocycles. The van der Waals surface area contributed by atoms with Gasteiger partial charge in [-0.15, -0.1) is 0 Å². The van der Waals surface area contributed by atoms with E-state index in [1.54, 1.807) is 0 Å². The highest BCUT2D eigenvalue weighted by Crippen LogP contribution is 2.24. The maximum atomic E-state index is 5.29. The Hall–Kier alpha value is -1.45. The molecule has 2 heterocycles. The summed E-state index contributed by atoms with van der Waals surface area (Å²) in [6.45, 7) is 8.38. The van der Waals surface area contributed by atoms with Crippen LogP contribution in [0.3, 0.4) is 0 Å². The third kappa shape index (κ3) is 1.98. The number of rotatable bonds is 1. The zero-order valence-electron chi connectivity index (χ0n) is 9.53. The van der Waals surface area contributed by atoms with Crippen molar-refractivity contribution >= 4 is 11.1 Å². The number of hydrogen-bond acceptors (Lipinski definition) is 4. The minimum absolute atomic E-state index is 0.176. The molecular formula is C11H15N3O. The number of fused-ring (bicyclic) bond motifs is 1. The Morgan fingerprint density at radius 2 is 2.00 bits per heavy atom. The second-order valence-electron chi connectivity index (χ2n) is 5.00. The highest BCUT2D eigenvalue weighted by Gasteiger charge is 2.18. The number of aromatic nitrogens is 3. The summed E-state index contributed by atoms with van der Waals surface area (Å²) in [4.78, 5) is 4.19. The highest BCUT2D eigenvalue weighted by molar-refractivity contribution is 5.76. The van der Waals surface area contributed by atoms with Gasteiger partial charge in [-0.25, -0.2) is 4.98 Å². The van der Waals surface area contributed by atoms with E-state index in [9.17, 15) is 0 Å². The van der Waals surface area contributed by atoms with E-state index in [0.717, 1.165) is 28.9 Å². The zero-order chi connectivity index (χ0) is 11.1. The number of hydrogen-bond donors (Lipinski definition) is 0. The van der Waals surface area contributed by atoms with Gasteiger partial charge in [0.15, 0.2) is 12.0 Å². The van der Waals surface area contributed by atoms with Crippen molar-refractivity contribution in [3.8, 4) is 0 Å². The first-order valence-electron chi connectivity index (χ1n) is 5.03. The van der Waals surface area contributed by atoms with Crippen molar-refractivity contribution in [2.45, 2.75) is 34.1 Å². The van der Waals surface area contributed by atoms with Crippen LogP contribution in [0.15, 0.2) is 10.8 Å². The lowest BCUT2D eigenvalue weighted by Gasteiger charge is -2.16. The lowest BCUT2D eigenvalue weighted by atomic mass is 9.90. The molecule has 0 bridgehead atoms. The predicted octanol–water partition coefficient (Wildman–Crippen LogP) is 2.51. The number of aryl methyl sites for hydroxylation is 1. The van der Waals surface area contributed by atoms with Crippen LogP contribution in [0, 0.1) is 12.3 Å². The molecule has 15 heavy (non-hydrogen) atoms. The predicted molar refractivity (Wildman–Crippen MR) is 57.5 cm³/mol. The quantitative estimate of drug-likeness (QED) is 0.717. The summed E-state index contributed by atoms with van der Waals surface area (Å²) in [5.41, 5.74) is 3.48. The van der Waals surface area contributed by atoms with Gasteiger partial charge in [-0.2, -0.15) is 10.2 Å². The van der Waals surface area contributed by atoms with Gasteiger partial charge in [0, 0.05) is 0 Å². The van der Waals surface area contributed by atoms with Crippen LogP contribution in [0.1, 0.15) is 32.2 Å². The topological polar surface area (TPSA) is 51.8 Å². The molecule has 0 atom stereocenters. The van der Waals surface area contributed by atoms with Crippen LogP contribution >= 0.6 is 0 Å². The van der Waals surface area contributed by atoms with E-state index in [1.165, 1.54) is 6.39 Å². The minimum Gasteiger partial charge on any atom is -0.441 e. The van der Waals surface area contributed by atoms with Gasteiger partial charge < -0.3 is 4.42 Å². The Labute approximate surface area is 88.7 Å². The Balaban J connectivity index is 2.53. The van der Waals surface area contributed by atoms with Gasteiger partial charge >= 0.3 is 0 Å². The van der Waals surface area contributed by atoms with Crippen LogP contribution in [-0.4, -0.2) is 15.2 Å². The average molecular weight is 205 g/mol. The fourth-order valence-electron chi connectivity index (χ4n) is 1.56. The lowest BCUT2D eigenvalue weighted by Crippen LogP contribution is -2.12. The lowest BCUT2D eigenvalue weighted by molar-refractivity contribution is 0.406. The van der Waals surface area contributed by atoms with Gasteiger partial charge in [-0.3, -0.25) is 0 Å². The Bertz CT molecular complexity index is 482. The maximum Gasteiger partial charge on any atom is 0.182 e. The van der Waals surface area contributed by atoms with E-state index < -0.39 is 0 Å². The molecule has 2 aromatic rings. The van der Waals surface area contributed by atoms with Crippen molar-refractivity contribution in [2.75, 3.05) is 0 Å². The molecular weight excluding hydrogens is 190 g/mol. The van der Waals surface area contributed by atoms with Gasteiger partial charge in [-0.1, -0.05) is 20.8 Å². The monoisotopic (exact) mass is 205 g/mol. The fourth-order valence-corrected chi connectivity index (χ4v) is 1.56. The summed E-state index contributed by atoms with van der Waals surface area (Å²) in [6, 6.07) is 0. The van der Waals surface area contributed by atoms with Crippen LogP contribution in [0.4, 0.5) is 0 Å². The Morgan fingerprint density at radius 1 is 1.27 bits per heavy atom. The third-order valence-electron chi connectivity index (χ3n) is 2.19. The second-order valence-corrected chi connectivity index (χ2v) is 5.00. The Kier molecular flexibility index (Phi) is 2.21. The van der Waals surface area contributed by atoms with Gasteiger partial charge in [0.25, 0.3) is 0 Å². The standard InChI is InChI=1S/C11H15N3O/c1-7-10-9(12-6-15-10)8(14-13-7)5-11(2,3)4/h6H,5H2,1-4H3. The van der Waals surface area contributed by atoms with Crippen molar-refractivity contribution < 1.29 is 4.42 Å². The fraction of sp³-hybridized carbons (Fsp3) is 0.545. The molecule has 2 aromatic heterocycles. The number of oxazole rings is 1. The molecule has 0 aliphatic heterocycles. The molecule has 4 heteroatoms. The van der Waals surface area contributed by atoms with Crippen molar-refractivity contribution in [1.82, 2.24) is 15.2 Å². The molecule has 0 amide bonds. The largest absolute Gasteiger partial charge is 0.441 e. The van der Waals surface area contributed by atoms with Crippen LogP contribution in [0.25, 0.3) is 11.1 Å². The summed E-state index contributed by atoms with van der Waals surface area (Å²) in [7, 11) is 0. The summed E-state index contributed by atoms with van der Waals surface area (Å²) < 4.78 is 5.29. The first kappa shape index (κ1) is 10.1. The molecule has 2 rings (SSSR count). The first-order valence-corrected chi connectivity index (χ1v) is 5.03. The van der Waals surface area contributed by atoms with Gasteiger partial charge in [0.05, 0.1) is 5.69 Å². The smallest absolute Gasteiger partial charge is 0.182 e. The third-order valence-corrected chi connectivity index (χ3v) is 2.19. The normalized spacial score (nSPS) is 12.3. The van der Waals surface area contributed by atoms with Crippen molar-refractivity contribution in [2.24, 2.45) is 5.41 Å². The van der Waals surface area contributed by atoms with E-state index in [2.05, 4.69) is 36.0 Å². The maximum absolute atomic E-state index is 5.29. The molecule has 0 spiro atoms. The molecule has 0 aliphatic carbocycles. The van der Waals surface area contributed by atoms with Crippen LogP contribution in [0.2, 0.25) is 0 Å². The van der Waals surface area contributed by atoms with Gasteiger partial charge in [0.2, 0.25) is 0 Å². The van der Waals surface area contributed by atoms with Crippen LogP contribution in [-0.2, 0) is 6.42 Å². The van der Waals surface area contributed by atoms with Crippen LogP contribution in [0.5, 0.6) is 0 Å². The molecule has 0 fully saturated rings. The summed E-state index contributed by atoms with van der Waals surface area (Å²) in [5.74, 6) is 0. The van der Waals surface area contributed by atoms with E-state index in [4.69, 9.17) is 4.42 Å². The second kappa shape index (κ2) is 3.29. The summed E-state index contributed by atoms with van der Waals surface area (Å²) in [6.07, 6.45) is 2.30. The molecule has 0 saturated carbocycles. The van der Waals surface area contributed by atoms with Crippen molar-refractivity contribution in [1.29, 1.82) is 0 Å². The molecule has 0 aromatic carbocycles. The van der Waals surface area contributed by atoms with E-state index in [0.29, 0.717) is 0 Å². The van der Waals surface area contributed by atoms with Crippen molar-refractivity contribution in [3.63, 3.8) is 0 Å². The van der Waals surface area contributed by atoms with Crippen LogP contribution < -0.4 is 0 Å².